The molecule has 1 atom stereocenters. The Labute approximate surface area is 107 Å². The summed E-state index contributed by atoms with van der Waals surface area (Å²) in [6.07, 6.45) is 0. The second-order valence-electron chi connectivity index (χ2n) is 3.66. The molecule has 0 aromatic carbocycles. The molecule has 2 heterocycles. The molecule has 0 aliphatic carbocycles. The zero-order valence-corrected chi connectivity index (χ0v) is 10.9. The van der Waals surface area contributed by atoms with E-state index in [2.05, 4.69) is 23.7 Å². The summed E-state index contributed by atoms with van der Waals surface area (Å²) in [5, 5.41) is 18.2. The monoisotopic (exact) mass is 268 g/mol. The van der Waals surface area contributed by atoms with E-state index < -0.39 is 0 Å². The van der Waals surface area contributed by atoms with E-state index >= 15 is 0 Å². The van der Waals surface area contributed by atoms with Gasteiger partial charge in [-0.1, -0.05) is 11.3 Å². The maximum atomic E-state index is 10.5. The summed E-state index contributed by atoms with van der Waals surface area (Å²) < 4.78 is 0. The second kappa shape index (κ2) is 5.39. The van der Waals surface area contributed by atoms with E-state index in [0.29, 0.717) is 6.54 Å². The first-order chi connectivity index (χ1) is 8.16. The molecule has 0 saturated heterocycles. The van der Waals surface area contributed by atoms with Crippen molar-refractivity contribution in [2.75, 3.05) is 0 Å². The summed E-state index contributed by atoms with van der Waals surface area (Å²) >= 11 is 2.89. The topological polar surface area (TPSA) is 55.2 Å². The third kappa shape index (κ3) is 3.12. The Kier molecular flexibility index (Phi) is 3.88. The van der Waals surface area contributed by atoms with E-state index in [0.717, 1.165) is 4.88 Å². The number of hydrogen-bond acceptors (Lipinski definition) is 5. The van der Waals surface area contributed by atoms with Crippen LogP contribution in [0.3, 0.4) is 0 Å². The van der Waals surface area contributed by atoms with Crippen molar-refractivity contribution in [1.82, 2.24) is 5.32 Å². The zero-order valence-electron chi connectivity index (χ0n) is 9.25. The van der Waals surface area contributed by atoms with Crippen molar-refractivity contribution in [3.8, 4) is 0 Å². The fourth-order valence-electron chi connectivity index (χ4n) is 1.45. The molecule has 0 bridgehead atoms. The maximum absolute atomic E-state index is 10.5. The van der Waals surface area contributed by atoms with Gasteiger partial charge in [-0.2, -0.15) is 11.3 Å². The third-order valence-electron chi connectivity index (χ3n) is 2.45. The number of hydrogen-bond donors (Lipinski definition) is 1. The van der Waals surface area contributed by atoms with Crippen molar-refractivity contribution in [2.24, 2.45) is 0 Å². The summed E-state index contributed by atoms with van der Waals surface area (Å²) in [5.74, 6) is 0. The van der Waals surface area contributed by atoms with E-state index in [9.17, 15) is 10.1 Å². The van der Waals surface area contributed by atoms with Crippen molar-refractivity contribution >= 4 is 27.7 Å². The molecule has 0 aliphatic heterocycles. The fourth-order valence-corrected chi connectivity index (χ4v) is 2.98. The Morgan fingerprint density at radius 1 is 1.47 bits per heavy atom. The highest BCUT2D eigenvalue weighted by Gasteiger charge is 2.10. The summed E-state index contributed by atoms with van der Waals surface area (Å²) in [6, 6.07) is 5.70. The largest absolute Gasteiger partial charge is 0.324 e. The molecule has 17 heavy (non-hydrogen) atoms. The van der Waals surface area contributed by atoms with Crippen LogP contribution in [-0.2, 0) is 6.54 Å². The summed E-state index contributed by atoms with van der Waals surface area (Å²) in [7, 11) is 0. The van der Waals surface area contributed by atoms with Crippen molar-refractivity contribution in [2.45, 2.75) is 19.5 Å². The van der Waals surface area contributed by atoms with Gasteiger partial charge in [-0.3, -0.25) is 10.1 Å². The maximum Gasteiger partial charge on any atom is 0.324 e. The highest BCUT2D eigenvalue weighted by atomic mass is 32.1. The number of nitrogens with one attached hydrogen (secondary N) is 1. The SMILES string of the molecule is CC(NCc1ccc([N+](=O)[O-])s1)c1ccsc1. The van der Waals surface area contributed by atoms with Gasteiger partial charge in [0.15, 0.2) is 0 Å². The van der Waals surface area contributed by atoms with Gasteiger partial charge in [0.25, 0.3) is 0 Å². The number of thiophene rings is 2. The molecule has 2 aromatic rings. The molecule has 0 saturated carbocycles. The number of nitrogens with zero attached hydrogens (tertiary/aromatic N) is 1. The van der Waals surface area contributed by atoms with Crippen LogP contribution in [0.2, 0.25) is 0 Å². The van der Waals surface area contributed by atoms with Crippen molar-refractivity contribution < 1.29 is 4.92 Å². The average molecular weight is 268 g/mol. The quantitative estimate of drug-likeness (QED) is 0.666. The summed E-state index contributed by atoms with van der Waals surface area (Å²) in [5.41, 5.74) is 1.25. The van der Waals surface area contributed by atoms with Gasteiger partial charge in [-0.15, -0.1) is 0 Å². The molecule has 0 fully saturated rings. The molecule has 0 spiro atoms. The molecule has 2 rings (SSSR count). The van der Waals surface area contributed by atoms with Crippen LogP contribution in [0.5, 0.6) is 0 Å². The highest BCUT2D eigenvalue weighted by Crippen LogP contribution is 2.24. The highest BCUT2D eigenvalue weighted by molar-refractivity contribution is 7.15. The number of nitro groups is 1. The first-order valence-corrected chi connectivity index (χ1v) is 6.91. The van der Waals surface area contributed by atoms with E-state index in [1.165, 1.54) is 16.9 Å². The molecule has 6 heteroatoms. The second-order valence-corrected chi connectivity index (χ2v) is 5.58. The lowest BCUT2D eigenvalue weighted by atomic mass is 10.2. The summed E-state index contributed by atoms with van der Waals surface area (Å²) in [4.78, 5) is 11.2. The van der Waals surface area contributed by atoms with Crippen molar-refractivity contribution in [1.29, 1.82) is 0 Å². The fraction of sp³-hybridized carbons (Fsp3) is 0.273. The van der Waals surface area contributed by atoms with Gasteiger partial charge in [0.05, 0.1) is 4.92 Å². The van der Waals surface area contributed by atoms with Crippen LogP contribution in [0, 0.1) is 10.1 Å². The van der Waals surface area contributed by atoms with Gasteiger partial charge in [-0.25, -0.2) is 0 Å². The lowest BCUT2D eigenvalue weighted by Gasteiger charge is -2.10. The minimum atomic E-state index is -0.351. The van der Waals surface area contributed by atoms with Crippen LogP contribution in [0.1, 0.15) is 23.4 Å². The van der Waals surface area contributed by atoms with Gasteiger partial charge < -0.3 is 5.32 Å². The first-order valence-electron chi connectivity index (χ1n) is 5.15. The predicted molar refractivity (Wildman–Crippen MR) is 70.5 cm³/mol. The molecule has 90 valence electrons. The van der Waals surface area contributed by atoms with Crippen molar-refractivity contribution in [3.63, 3.8) is 0 Å². The molecule has 0 aliphatic rings. The minimum absolute atomic E-state index is 0.199. The Bertz CT molecular complexity index is 493. The smallest absolute Gasteiger partial charge is 0.305 e. The third-order valence-corrected chi connectivity index (χ3v) is 4.19. The van der Waals surface area contributed by atoms with Gasteiger partial charge in [0.1, 0.15) is 0 Å². The number of rotatable bonds is 5. The van der Waals surface area contributed by atoms with Crippen LogP contribution in [0.25, 0.3) is 0 Å². The zero-order chi connectivity index (χ0) is 12.3. The predicted octanol–water partition coefficient (Wildman–Crippen LogP) is 3.57. The van der Waals surface area contributed by atoms with Crippen LogP contribution in [0.4, 0.5) is 5.00 Å². The molecule has 0 radical (unpaired) electrons. The molecule has 4 nitrogen and oxygen atoms in total. The van der Waals surface area contributed by atoms with E-state index in [1.807, 2.05) is 5.38 Å². The van der Waals surface area contributed by atoms with E-state index in [4.69, 9.17) is 0 Å². The average Bonchev–Trinajstić information content (AvgIpc) is 2.97. The van der Waals surface area contributed by atoms with Gasteiger partial charge in [0, 0.05) is 23.5 Å². The standard InChI is InChI=1S/C11H12N2O2S2/c1-8(9-4-5-16-7-9)12-6-10-2-3-11(17-10)13(14)15/h2-5,7-8,12H,6H2,1H3. The van der Waals surface area contributed by atoms with Crippen LogP contribution in [0.15, 0.2) is 29.0 Å². The Morgan fingerprint density at radius 2 is 2.29 bits per heavy atom. The van der Waals surface area contributed by atoms with Gasteiger partial charge in [0.2, 0.25) is 0 Å². The van der Waals surface area contributed by atoms with Crippen LogP contribution >= 0.6 is 22.7 Å². The van der Waals surface area contributed by atoms with Crippen LogP contribution in [-0.4, -0.2) is 4.92 Å². The van der Waals surface area contributed by atoms with Gasteiger partial charge in [-0.05, 0) is 35.4 Å². The Balaban J connectivity index is 1.91. The first kappa shape index (κ1) is 12.2. The molecule has 2 aromatic heterocycles. The molecular weight excluding hydrogens is 256 g/mol. The van der Waals surface area contributed by atoms with E-state index in [1.54, 1.807) is 23.5 Å². The molecule has 0 amide bonds. The normalized spacial score (nSPS) is 12.5. The lowest BCUT2D eigenvalue weighted by Crippen LogP contribution is -2.16. The molecule has 1 N–H and O–H groups in total. The van der Waals surface area contributed by atoms with Gasteiger partial charge >= 0.3 is 5.00 Å². The van der Waals surface area contributed by atoms with Crippen molar-refractivity contribution in [3.05, 3.63) is 49.5 Å². The van der Waals surface area contributed by atoms with Crippen LogP contribution < -0.4 is 5.32 Å². The Morgan fingerprint density at radius 3 is 2.88 bits per heavy atom. The molecular formula is C11H12N2O2S2. The summed E-state index contributed by atoms with van der Waals surface area (Å²) in [6.45, 7) is 2.75. The lowest BCUT2D eigenvalue weighted by molar-refractivity contribution is -0.380. The van der Waals surface area contributed by atoms with E-state index in [-0.39, 0.29) is 16.0 Å². The minimum Gasteiger partial charge on any atom is -0.305 e. The molecule has 1 unspecified atom stereocenters. The Hall–Kier alpha value is -1.24.